The summed E-state index contributed by atoms with van der Waals surface area (Å²) in [5, 5.41) is 7.71. The van der Waals surface area contributed by atoms with Crippen molar-refractivity contribution in [2.24, 2.45) is 5.73 Å². The van der Waals surface area contributed by atoms with E-state index in [4.69, 9.17) is 5.73 Å². The fourth-order valence-corrected chi connectivity index (χ4v) is 3.63. The third-order valence-electron chi connectivity index (χ3n) is 5.08. The van der Waals surface area contributed by atoms with Gasteiger partial charge in [-0.15, -0.1) is 12.4 Å². The molecule has 1 fully saturated rings. The standard InChI is InChI=1S/C19H28N6O.ClH/c1-11-9-12(2)22-19(21-11)25-14(4)17(13(3)24-25)10-18(26)23-16-7-5-15(20)6-8-16;/h9,15-16H,5-8,10,20H2,1-4H3,(H,23,26);1H. The normalized spacial score (nSPS) is 19.4. The van der Waals surface area contributed by atoms with Crippen LogP contribution in [0, 0.1) is 27.7 Å². The monoisotopic (exact) mass is 392 g/mol. The summed E-state index contributed by atoms with van der Waals surface area (Å²) >= 11 is 0. The Bertz CT molecular complexity index is 791. The van der Waals surface area contributed by atoms with Crippen LogP contribution in [-0.4, -0.2) is 37.7 Å². The highest BCUT2D eigenvalue weighted by Gasteiger charge is 2.22. The molecule has 0 aromatic carbocycles. The molecule has 1 amide bonds. The summed E-state index contributed by atoms with van der Waals surface area (Å²) in [6.45, 7) is 7.76. The van der Waals surface area contributed by atoms with Crippen LogP contribution >= 0.6 is 12.4 Å². The van der Waals surface area contributed by atoms with Crippen LogP contribution < -0.4 is 11.1 Å². The second-order valence-corrected chi connectivity index (χ2v) is 7.37. The number of hydrogen-bond donors (Lipinski definition) is 2. The van der Waals surface area contributed by atoms with Gasteiger partial charge in [0.15, 0.2) is 0 Å². The first kappa shape index (κ1) is 21.3. The van der Waals surface area contributed by atoms with Crippen molar-refractivity contribution in [1.82, 2.24) is 25.1 Å². The molecule has 1 aliphatic carbocycles. The maximum atomic E-state index is 12.5. The minimum Gasteiger partial charge on any atom is -0.353 e. The van der Waals surface area contributed by atoms with E-state index < -0.39 is 0 Å². The van der Waals surface area contributed by atoms with E-state index in [1.54, 1.807) is 4.68 Å². The van der Waals surface area contributed by atoms with Crippen LogP contribution in [0.2, 0.25) is 0 Å². The molecule has 2 heterocycles. The quantitative estimate of drug-likeness (QED) is 0.831. The predicted molar refractivity (Wildman–Crippen MR) is 107 cm³/mol. The number of nitrogens with one attached hydrogen (secondary N) is 1. The van der Waals surface area contributed by atoms with Gasteiger partial charge in [0.1, 0.15) is 0 Å². The average molecular weight is 393 g/mol. The summed E-state index contributed by atoms with van der Waals surface area (Å²) in [5.74, 6) is 0.591. The summed E-state index contributed by atoms with van der Waals surface area (Å²) in [6, 6.07) is 2.45. The van der Waals surface area contributed by atoms with E-state index in [0.29, 0.717) is 12.4 Å². The SMILES string of the molecule is Cc1cc(C)nc(-n2nc(C)c(CC(=O)NC3CCC(N)CC3)c2C)n1.Cl. The van der Waals surface area contributed by atoms with Crippen molar-refractivity contribution < 1.29 is 4.79 Å². The highest BCUT2D eigenvalue weighted by molar-refractivity contribution is 5.85. The molecule has 1 saturated carbocycles. The average Bonchev–Trinajstić information content (AvgIpc) is 2.84. The van der Waals surface area contributed by atoms with E-state index in [0.717, 1.165) is 54.0 Å². The van der Waals surface area contributed by atoms with Gasteiger partial charge in [0.2, 0.25) is 5.91 Å². The Morgan fingerprint density at radius 2 is 1.74 bits per heavy atom. The van der Waals surface area contributed by atoms with Crippen LogP contribution in [-0.2, 0) is 11.2 Å². The van der Waals surface area contributed by atoms with Crippen LogP contribution in [0.3, 0.4) is 0 Å². The molecule has 2 aromatic heterocycles. The number of nitrogens with two attached hydrogens (primary N) is 1. The highest BCUT2D eigenvalue weighted by Crippen LogP contribution is 2.19. The molecule has 148 valence electrons. The van der Waals surface area contributed by atoms with Gasteiger partial charge in [0.05, 0.1) is 12.1 Å². The number of nitrogens with zero attached hydrogens (tertiary/aromatic N) is 4. The van der Waals surface area contributed by atoms with E-state index in [9.17, 15) is 4.79 Å². The Morgan fingerprint density at radius 3 is 2.33 bits per heavy atom. The van der Waals surface area contributed by atoms with Gasteiger partial charge < -0.3 is 11.1 Å². The van der Waals surface area contributed by atoms with Crippen LogP contribution in [0.15, 0.2) is 6.07 Å². The topological polar surface area (TPSA) is 98.7 Å². The second kappa shape index (κ2) is 8.80. The highest BCUT2D eigenvalue weighted by atomic mass is 35.5. The van der Waals surface area contributed by atoms with Gasteiger partial charge in [-0.1, -0.05) is 0 Å². The summed E-state index contributed by atoms with van der Waals surface area (Å²) in [7, 11) is 0. The van der Waals surface area contributed by atoms with Crippen molar-refractivity contribution in [3.05, 3.63) is 34.4 Å². The van der Waals surface area contributed by atoms with Gasteiger partial charge in [-0.25, -0.2) is 14.6 Å². The molecule has 0 atom stereocenters. The Hall–Kier alpha value is -1.99. The number of aromatic nitrogens is 4. The Balaban J connectivity index is 0.00000261. The van der Waals surface area contributed by atoms with Crippen LogP contribution in [0.25, 0.3) is 5.95 Å². The van der Waals surface area contributed by atoms with Gasteiger partial charge in [-0.3, -0.25) is 4.79 Å². The van der Waals surface area contributed by atoms with E-state index in [1.807, 2.05) is 33.8 Å². The molecule has 0 radical (unpaired) electrons. The lowest BCUT2D eigenvalue weighted by molar-refractivity contribution is -0.121. The number of hydrogen-bond acceptors (Lipinski definition) is 5. The molecular formula is C19H29ClN6O. The number of carbonyl (C=O) groups is 1. The second-order valence-electron chi connectivity index (χ2n) is 7.37. The number of rotatable bonds is 4. The van der Waals surface area contributed by atoms with Gasteiger partial charge >= 0.3 is 0 Å². The van der Waals surface area contributed by atoms with Crippen molar-refractivity contribution >= 4 is 18.3 Å². The van der Waals surface area contributed by atoms with Crippen molar-refractivity contribution in [1.29, 1.82) is 0 Å². The van der Waals surface area contributed by atoms with Crippen molar-refractivity contribution in [2.45, 2.75) is 71.9 Å². The van der Waals surface area contributed by atoms with Crippen molar-refractivity contribution in [3.63, 3.8) is 0 Å². The zero-order valence-electron chi connectivity index (χ0n) is 16.5. The van der Waals surface area contributed by atoms with Crippen LogP contribution in [0.5, 0.6) is 0 Å². The Morgan fingerprint density at radius 1 is 1.15 bits per heavy atom. The fourth-order valence-electron chi connectivity index (χ4n) is 3.63. The van der Waals surface area contributed by atoms with Crippen LogP contribution in [0.1, 0.15) is 54.0 Å². The molecule has 0 saturated heterocycles. The molecular weight excluding hydrogens is 364 g/mol. The van der Waals surface area contributed by atoms with Gasteiger partial charge in [-0.05, 0) is 59.4 Å². The van der Waals surface area contributed by atoms with Crippen LogP contribution in [0.4, 0.5) is 0 Å². The molecule has 0 aliphatic heterocycles. The maximum Gasteiger partial charge on any atom is 0.251 e. The summed E-state index contributed by atoms with van der Waals surface area (Å²) < 4.78 is 1.73. The largest absolute Gasteiger partial charge is 0.353 e. The maximum absolute atomic E-state index is 12.5. The minimum atomic E-state index is 0. The van der Waals surface area contributed by atoms with E-state index >= 15 is 0 Å². The first-order chi connectivity index (χ1) is 12.3. The zero-order chi connectivity index (χ0) is 18.8. The third-order valence-corrected chi connectivity index (χ3v) is 5.08. The van der Waals surface area contributed by atoms with E-state index in [1.165, 1.54) is 0 Å². The number of halogens is 1. The molecule has 27 heavy (non-hydrogen) atoms. The lowest BCUT2D eigenvalue weighted by Crippen LogP contribution is -2.41. The smallest absolute Gasteiger partial charge is 0.251 e. The molecule has 1 aliphatic rings. The summed E-state index contributed by atoms with van der Waals surface area (Å²) in [4.78, 5) is 21.5. The third kappa shape index (κ3) is 5.05. The molecule has 0 unspecified atom stereocenters. The number of amides is 1. The van der Waals surface area contributed by atoms with Crippen molar-refractivity contribution in [2.75, 3.05) is 0 Å². The summed E-state index contributed by atoms with van der Waals surface area (Å²) in [5.41, 5.74) is 10.4. The fraction of sp³-hybridized carbons (Fsp3) is 0.579. The lowest BCUT2D eigenvalue weighted by Gasteiger charge is -2.26. The molecule has 2 aromatic rings. The molecule has 8 heteroatoms. The molecule has 3 rings (SSSR count). The molecule has 3 N–H and O–H groups in total. The number of carbonyl (C=O) groups excluding carboxylic acids is 1. The predicted octanol–water partition coefficient (Wildman–Crippen LogP) is 2.25. The number of aryl methyl sites for hydroxylation is 3. The molecule has 0 bridgehead atoms. The summed E-state index contributed by atoms with van der Waals surface area (Å²) in [6.07, 6.45) is 4.20. The first-order valence-corrected chi connectivity index (χ1v) is 9.26. The van der Waals surface area contributed by atoms with E-state index in [2.05, 4.69) is 20.4 Å². The minimum absolute atomic E-state index is 0. The Labute approximate surface area is 166 Å². The van der Waals surface area contributed by atoms with Crippen molar-refractivity contribution in [3.8, 4) is 5.95 Å². The first-order valence-electron chi connectivity index (χ1n) is 9.26. The molecule has 0 spiro atoms. The lowest BCUT2D eigenvalue weighted by atomic mass is 9.91. The zero-order valence-corrected chi connectivity index (χ0v) is 17.3. The molecule has 7 nitrogen and oxygen atoms in total. The van der Waals surface area contributed by atoms with E-state index in [-0.39, 0.29) is 30.4 Å². The van der Waals surface area contributed by atoms with Gasteiger partial charge in [0.25, 0.3) is 5.95 Å². The Kier molecular flexibility index (Phi) is 6.95. The van der Waals surface area contributed by atoms with Gasteiger partial charge in [-0.2, -0.15) is 5.10 Å². The van der Waals surface area contributed by atoms with Gasteiger partial charge in [0, 0.05) is 34.7 Å².